The van der Waals surface area contributed by atoms with Crippen molar-refractivity contribution in [2.24, 2.45) is 0 Å². The minimum atomic E-state index is -0.271. The summed E-state index contributed by atoms with van der Waals surface area (Å²) in [4.78, 5) is 18.4. The molecule has 6 rings (SSSR count). The van der Waals surface area contributed by atoms with E-state index in [0.717, 1.165) is 71.8 Å². The fraction of sp³-hybridized carbons (Fsp3) is 0.282. The summed E-state index contributed by atoms with van der Waals surface area (Å²) in [6, 6.07) is 28.9. The number of halogens is 2. The van der Waals surface area contributed by atoms with E-state index in [9.17, 15) is 13.6 Å². The number of hydrogen-bond donors (Lipinski definition) is 0. The van der Waals surface area contributed by atoms with Crippen LogP contribution in [-0.2, 0) is 0 Å². The molecule has 47 heavy (non-hydrogen) atoms. The molecule has 0 N–H and O–H groups in total. The molecule has 0 atom stereocenters. The van der Waals surface area contributed by atoms with Crippen LogP contribution in [0.4, 0.5) is 8.78 Å². The van der Waals surface area contributed by atoms with Crippen LogP contribution in [0.2, 0.25) is 0 Å². The molecule has 1 aromatic heterocycles. The number of hydrogen-bond acceptors (Lipinski definition) is 4. The molecule has 1 fully saturated rings. The minimum absolute atomic E-state index is 0.0162. The monoisotopic (exact) mass is 634 g/mol. The van der Waals surface area contributed by atoms with Crippen LogP contribution in [0.15, 0.2) is 97.1 Å². The number of carbonyl (C=O) groups excluding carboxylic acids is 1. The summed E-state index contributed by atoms with van der Waals surface area (Å²) < 4.78 is 34.8. The molecule has 0 saturated carbocycles. The smallest absolute Gasteiger partial charge is 0.254 e. The number of nitrogens with zero attached hydrogens (tertiary/aromatic N) is 4. The van der Waals surface area contributed by atoms with Gasteiger partial charge in [0.15, 0.2) is 0 Å². The number of piperazine rings is 1. The maximum Gasteiger partial charge on any atom is 0.254 e. The van der Waals surface area contributed by atoms with Gasteiger partial charge in [-0.15, -0.1) is 0 Å². The van der Waals surface area contributed by atoms with Gasteiger partial charge in [0, 0.05) is 43.4 Å². The number of aryl methyl sites for hydroxylation is 1. The zero-order chi connectivity index (χ0) is 32.9. The summed E-state index contributed by atoms with van der Waals surface area (Å²) in [6.45, 7) is 7.68. The third kappa shape index (κ3) is 7.13. The largest absolute Gasteiger partial charge is 0.497 e. The van der Waals surface area contributed by atoms with Crippen molar-refractivity contribution in [1.82, 2.24) is 19.6 Å². The van der Waals surface area contributed by atoms with Crippen LogP contribution in [0.1, 0.15) is 51.6 Å². The highest BCUT2D eigenvalue weighted by atomic mass is 19.1. The van der Waals surface area contributed by atoms with Crippen molar-refractivity contribution in [2.75, 3.05) is 39.8 Å². The SMILES string of the molecule is COc1ccc(-c2c(C)nn(-c3ccccc3)c2C)c(C(=O)N2CCN(CCCC(c3ccc(F)cc3)c3ccc(F)cc3)CC2)c1. The second-order valence-corrected chi connectivity index (χ2v) is 12.1. The number of para-hydroxylation sites is 1. The Morgan fingerprint density at radius 1 is 0.830 bits per heavy atom. The summed E-state index contributed by atoms with van der Waals surface area (Å²) in [6.07, 6.45) is 1.76. The van der Waals surface area contributed by atoms with E-state index in [-0.39, 0.29) is 23.5 Å². The quantitative estimate of drug-likeness (QED) is 0.157. The lowest BCUT2D eigenvalue weighted by Gasteiger charge is -2.35. The lowest BCUT2D eigenvalue weighted by Crippen LogP contribution is -2.49. The fourth-order valence-electron chi connectivity index (χ4n) is 6.68. The maximum atomic E-state index is 14.1. The molecule has 1 saturated heterocycles. The normalized spacial score (nSPS) is 13.7. The highest BCUT2D eigenvalue weighted by Crippen LogP contribution is 2.35. The minimum Gasteiger partial charge on any atom is -0.497 e. The molecule has 0 spiro atoms. The van der Waals surface area contributed by atoms with Gasteiger partial charge in [-0.1, -0.05) is 42.5 Å². The van der Waals surface area contributed by atoms with Gasteiger partial charge >= 0.3 is 0 Å². The Morgan fingerprint density at radius 2 is 1.45 bits per heavy atom. The highest BCUT2D eigenvalue weighted by molar-refractivity contribution is 6.02. The Kier molecular flexibility index (Phi) is 9.78. The number of aromatic nitrogens is 2. The second kappa shape index (κ2) is 14.3. The topological polar surface area (TPSA) is 50.6 Å². The Labute approximate surface area is 275 Å². The van der Waals surface area contributed by atoms with Gasteiger partial charge in [0.05, 0.1) is 24.1 Å². The zero-order valence-corrected chi connectivity index (χ0v) is 27.1. The van der Waals surface area contributed by atoms with Crippen molar-refractivity contribution < 1.29 is 18.3 Å². The number of ether oxygens (including phenoxy) is 1. The molecule has 1 aliphatic rings. The Hall–Kier alpha value is -4.82. The van der Waals surface area contributed by atoms with E-state index < -0.39 is 0 Å². The van der Waals surface area contributed by atoms with Gasteiger partial charge in [0.25, 0.3) is 5.91 Å². The first-order valence-electron chi connectivity index (χ1n) is 16.1. The molecule has 2 heterocycles. The third-order valence-electron chi connectivity index (χ3n) is 9.19. The van der Waals surface area contributed by atoms with Gasteiger partial charge in [-0.3, -0.25) is 9.69 Å². The molecular weight excluding hydrogens is 594 g/mol. The second-order valence-electron chi connectivity index (χ2n) is 12.1. The standard InChI is InChI=1S/C39H40F2N4O2/c1-27-38(28(2)45(42-27)33-8-5-4-6-9-33)36-20-19-34(47-3)26-37(36)39(46)44-24-22-43(23-25-44)21-7-10-35(29-11-15-31(40)16-12-29)30-13-17-32(41)18-14-30/h4-6,8-9,11-20,26,35H,7,10,21-25H2,1-3H3. The van der Waals surface area contributed by atoms with E-state index in [1.165, 1.54) is 24.3 Å². The summed E-state index contributed by atoms with van der Waals surface area (Å²) in [5, 5.41) is 4.83. The van der Waals surface area contributed by atoms with Crippen LogP contribution in [0.25, 0.3) is 16.8 Å². The third-order valence-corrected chi connectivity index (χ3v) is 9.19. The average molecular weight is 635 g/mol. The van der Waals surface area contributed by atoms with Gasteiger partial charge in [0.2, 0.25) is 0 Å². The van der Waals surface area contributed by atoms with Gasteiger partial charge in [-0.25, -0.2) is 13.5 Å². The predicted octanol–water partition coefficient (Wildman–Crippen LogP) is 7.81. The molecule has 4 aromatic carbocycles. The van der Waals surface area contributed by atoms with Crippen LogP contribution >= 0.6 is 0 Å². The lowest BCUT2D eigenvalue weighted by atomic mass is 9.87. The number of methoxy groups -OCH3 is 1. The lowest BCUT2D eigenvalue weighted by molar-refractivity contribution is 0.0635. The van der Waals surface area contributed by atoms with Crippen molar-refractivity contribution in [3.8, 4) is 22.6 Å². The van der Waals surface area contributed by atoms with Crippen molar-refractivity contribution >= 4 is 5.91 Å². The molecule has 242 valence electrons. The van der Waals surface area contributed by atoms with E-state index in [1.807, 2.05) is 96.2 Å². The molecule has 6 nitrogen and oxygen atoms in total. The van der Waals surface area contributed by atoms with Crippen molar-refractivity contribution in [3.63, 3.8) is 0 Å². The zero-order valence-electron chi connectivity index (χ0n) is 27.1. The molecule has 0 bridgehead atoms. The van der Waals surface area contributed by atoms with Crippen LogP contribution in [-0.4, -0.2) is 65.3 Å². The van der Waals surface area contributed by atoms with E-state index >= 15 is 0 Å². The number of amides is 1. The fourth-order valence-corrected chi connectivity index (χ4v) is 6.68. The first-order chi connectivity index (χ1) is 22.8. The number of rotatable bonds is 10. The summed E-state index contributed by atoms with van der Waals surface area (Å²) in [5.74, 6) is 0.125. The molecule has 1 amide bonds. The number of carbonyl (C=O) groups is 1. The van der Waals surface area contributed by atoms with E-state index in [0.29, 0.717) is 24.4 Å². The van der Waals surface area contributed by atoms with Crippen LogP contribution in [0.5, 0.6) is 5.75 Å². The van der Waals surface area contributed by atoms with Crippen LogP contribution < -0.4 is 4.74 Å². The first kappa shape index (κ1) is 32.1. The summed E-state index contributed by atoms with van der Waals surface area (Å²) in [7, 11) is 1.61. The first-order valence-corrected chi connectivity index (χ1v) is 16.1. The summed E-state index contributed by atoms with van der Waals surface area (Å²) in [5.41, 5.74) is 7.24. The maximum absolute atomic E-state index is 14.1. The molecule has 5 aromatic rings. The van der Waals surface area contributed by atoms with E-state index in [2.05, 4.69) is 4.90 Å². The highest BCUT2D eigenvalue weighted by Gasteiger charge is 2.27. The average Bonchev–Trinajstić information content (AvgIpc) is 3.40. The van der Waals surface area contributed by atoms with E-state index in [1.54, 1.807) is 7.11 Å². The van der Waals surface area contributed by atoms with Crippen LogP contribution in [0, 0.1) is 25.5 Å². The van der Waals surface area contributed by atoms with E-state index in [4.69, 9.17) is 9.84 Å². The Morgan fingerprint density at radius 3 is 2.04 bits per heavy atom. The Bertz CT molecular complexity index is 1770. The number of benzene rings is 4. The molecule has 1 aliphatic heterocycles. The van der Waals surface area contributed by atoms with Crippen molar-refractivity contribution in [3.05, 3.63) is 137 Å². The predicted molar refractivity (Wildman–Crippen MR) is 181 cm³/mol. The molecule has 8 heteroatoms. The summed E-state index contributed by atoms with van der Waals surface area (Å²) >= 11 is 0. The molecular formula is C39H40F2N4O2. The molecule has 0 aliphatic carbocycles. The van der Waals surface area contributed by atoms with Gasteiger partial charge < -0.3 is 9.64 Å². The van der Waals surface area contributed by atoms with Gasteiger partial charge in [-0.2, -0.15) is 5.10 Å². The van der Waals surface area contributed by atoms with Crippen molar-refractivity contribution in [1.29, 1.82) is 0 Å². The van der Waals surface area contributed by atoms with Crippen LogP contribution in [0.3, 0.4) is 0 Å². The van der Waals surface area contributed by atoms with Gasteiger partial charge in [-0.05, 0) is 105 Å². The van der Waals surface area contributed by atoms with Gasteiger partial charge in [0.1, 0.15) is 17.4 Å². The van der Waals surface area contributed by atoms with Crippen molar-refractivity contribution in [2.45, 2.75) is 32.6 Å². The Balaban J connectivity index is 1.13. The molecule has 0 radical (unpaired) electrons. The molecule has 0 unspecified atom stereocenters.